The predicted molar refractivity (Wildman–Crippen MR) is 56.1 cm³/mol. The summed E-state index contributed by atoms with van der Waals surface area (Å²) in [5.41, 5.74) is -3.72. The van der Waals surface area contributed by atoms with Crippen LogP contribution < -0.4 is 0 Å². The average Bonchev–Trinajstić information content (AvgIpc) is 2.28. The van der Waals surface area contributed by atoms with Crippen LogP contribution in [0.25, 0.3) is 0 Å². The van der Waals surface area contributed by atoms with Crippen LogP contribution in [0.1, 0.15) is 26.2 Å². The number of alkyl halides is 3. The third-order valence-electron chi connectivity index (χ3n) is 2.42. The zero-order valence-corrected chi connectivity index (χ0v) is 11.1. The van der Waals surface area contributed by atoms with Crippen molar-refractivity contribution in [1.82, 2.24) is 0 Å². The fourth-order valence-corrected chi connectivity index (χ4v) is 3.26. The summed E-state index contributed by atoms with van der Waals surface area (Å²) in [6, 6.07) is 0. The van der Waals surface area contributed by atoms with Gasteiger partial charge in [-0.2, -0.15) is 8.78 Å². The van der Waals surface area contributed by atoms with E-state index in [9.17, 15) is 13.2 Å². The van der Waals surface area contributed by atoms with Gasteiger partial charge < -0.3 is 13.3 Å². The number of rotatable bonds is 8. The van der Waals surface area contributed by atoms with E-state index in [1.54, 1.807) is 6.92 Å². The molecule has 0 N–H and O–H groups in total. The van der Waals surface area contributed by atoms with Crippen LogP contribution in [0.15, 0.2) is 0 Å². The van der Waals surface area contributed by atoms with Gasteiger partial charge >= 0.3 is 14.4 Å². The van der Waals surface area contributed by atoms with Gasteiger partial charge in [-0.1, -0.05) is 19.8 Å². The Bertz CT molecular complexity index is 192. The fraction of sp³-hybridized carbons (Fsp3) is 1.00. The van der Waals surface area contributed by atoms with Gasteiger partial charge in [0.1, 0.15) is 0 Å². The summed E-state index contributed by atoms with van der Waals surface area (Å²) in [6.07, 6.45) is -1.50. The van der Waals surface area contributed by atoms with Crippen LogP contribution in [0.5, 0.6) is 0 Å². The van der Waals surface area contributed by atoms with E-state index in [0.717, 1.165) is 21.3 Å². The van der Waals surface area contributed by atoms with Crippen molar-refractivity contribution < 1.29 is 26.4 Å². The summed E-state index contributed by atoms with van der Waals surface area (Å²) in [4.78, 5) is 0. The van der Waals surface area contributed by atoms with Crippen molar-refractivity contribution >= 4 is 8.80 Å². The molecule has 0 saturated heterocycles. The average molecular weight is 260 g/mol. The Morgan fingerprint density at radius 1 is 1.12 bits per heavy atom. The molecule has 0 aliphatic heterocycles. The standard InChI is InChI=1S/C9H19F3O3Si/c1-5-6-7-8(10)9(11,12)16(13-2,14-3)15-4/h8H,5-7H2,1-4H3. The van der Waals surface area contributed by atoms with Crippen molar-refractivity contribution in [3.63, 3.8) is 0 Å². The highest BCUT2D eigenvalue weighted by atomic mass is 28.4. The molecule has 16 heavy (non-hydrogen) atoms. The first-order chi connectivity index (χ1) is 7.41. The van der Waals surface area contributed by atoms with Crippen molar-refractivity contribution in [3.8, 4) is 0 Å². The van der Waals surface area contributed by atoms with Crippen LogP contribution >= 0.6 is 0 Å². The van der Waals surface area contributed by atoms with E-state index < -0.39 is 20.5 Å². The SMILES string of the molecule is CCCCC(F)C(F)(F)[Si](OC)(OC)OC. The summed E-state index contributed by atoms with van der Waals surface area (Å²) in [5.74, 6) is 0. The zero-order valence-electron chi connectivity index (χ0n) is 10.1. The molecule has 0 fully saturated rings. The van der Waals surface area contributed by atoms with Gasteiger partial charge in [-0.25, -0.2) is 4.39 Å². The van der Waals surface area contributed by atoms with E-state index in [2.05, 4.69) is 13.3 Å². The van der Waals surface area contributed by atoms with Gasteiger partial charge in [-0.05, 0) is 6.42 Å². The molecular weight excluding hydrogens is 241 g/mol. The highest BCUT2D eigenvalue weighted by molar-refractivity contribution is 6.63. The molecule has 0 aliphatic rings. The molecule has 0 bridgehead atoms. The molecule has 0 aliphatic carbocycles. The first-order valence-electron chi connectivity index (χ1n) is 5.09. The summed E-state index contributed by atoms with van der Waals surface area (Å²) >= 11 is 0. The lowest BCUT2D eigenvalue weighted by Gasteiger charge is -2.33. The molecule has 0 amide bonds. The first kappa shape index (κ1) is 15.9. The molecular formula is C9H19F3O3Si. The predicted octanol–water partition coefficient (Wildman–Crippen LogP) is 2.57. The normalized spacial score (nSPS) is 15.2. The Kier molecular flexibility index (Phi) is 6.53. The van der Waals surface area contributed by atoms with E-state index in [-0.39, 0.29) is 6.42 Å². The van der Waals surface area contributed by atoms with Crippen LogP contribution in [0.3, 0.4) is 0 Å². The van der Waals surface area contributed by atoms with Crippen molar-refractivity contribution in [1.29, 1.82) is 0 Å². The lowest BCUT2D eigenvalue weighted by Crippen LogP contribution is -2.63. The van der Waals surface area contributed by atoms with E-state index in [0.29, 0.717) is 12.8 Å². The summed E-state index contributed by atoms with van der Waals surface area (Å²) in [6.45, 7) is 1.80. The molecule has 0 saturated carbocycles. The molecule has 0 radical (unpaired) electrons. The van der Waals surface area contributed by atoms with Gasteiger partial charge in [0, 0.05) is 21.3 Å². The number of hydrogen-bond acceptors (Lipinski definition) is 3. The van der Waals surface area contributed by atoms with Gasteiger partial charge in [0.15, 0.2) is 6.17 Å². The maximum absolute atomic E-state index is 13.8. The van der Waals surface area contributed by atoms with Gasteiger partial charge in [0.25, 0.3) is 0 Å². The van der Waals surface area contributed by atoms with Gasteiger partial charge in [-0.15, -0.1) is 0 Å². The highest BCUT2D eigenvalue weighted by Gasteiger charge is 2.67. The van der Waals surface area contributed by atoms with Crippen molar-refractivity contribution in [2.75, 3.05) is 21.3 Å². The maximum Gasteiger partial charge on any atom is 0.577 e. The fourth-order valence-electron chi connectivity index (χ4n) is 1.41. The second-order valence-electron chi connectivity index (χ2n) is 3.40. The lowest BCUT2D eigenvalue weighted by atomic mass is 10.2. The Morgan fingerprint density at radius 2 is 1.56 bits per heavy atom. The quantitative estimate of drug-likeness (QED) is 0.628. The van der Waals surface area contributed by atoms with Crippen LogP contribution in [0.4, 0.5) is 13.2 Å². The van der Waals surface area contributed by atoms with Crippen LogP contribution in [0, 0.1) is 0 Å². The van der Waals surface area contributed by atoms with Gasteiger partial charge in [-0.3, -0.25) is 0 Å². The Balaban J connectivity index is 4.82. The van der Waals surface area contributed by atoms with E-state index in [4.69, 9.17) is 0 Å². The minimum absolute atomic E-state index is 0.228. The second-order valence-corrected chi connectivity index (χ2v) is 6.41. The molecule has 1 atom stereocenters. The van der Waals surface area contributed by atoms with Crippen molar-refractivity contribution in [3.05, 3.63) is 0 Å². The van der Waals surface area contributed by atoms with E-state index in [1.807, 2.05) is 0 Å². The topological polar surface area (TPSA) is 27.7 Å². The molecule has 0 aromatic carbocycles. The zero-order chi connectivity index (χ0) is 12.8. The van der Waals surface area contributed by atoms with E-state index in [1.165, 1.54) is 0 Å². The molecule has 0 spiro atoms. The third-order valence-corrected chi connectivity index (χ3v) is 5.16. The minimum atomic E-state index is -4.27. The van der Waals surface area contributed by atoms with Crippen LogP contribution in [0.2, 0.25) is 0 Å². The highest BCUT2D eigenvalue weighted by Crippen LogP contribution is 2.36. The summed E-state index contributed by atoms with van der Waals surface area (Å²) < 4.78 is 54.8. The Labute approximate surface area is 95.2 Å². The molecule has 7 heteroatoms. The van der Waals surface area contributed by atoms with Crippen molar-refractivity contribution in [2.45, 2.75) is 37.9 Å². The molecule has 98 valence electrons. The third kappa shape index (κ3) is 2.97. The molecule has 0 rings (SSSR count). The second kappa shape index (κ2) is 6.58. The van der Waals surface area contributed by atoms with Crippen LogP contribution in [-0.4, -0.2) is 41.9 Å². The number of hydrogen-bond donors (Lipinski definition) is 0. The number of halogens is 3. The Hall–Kier alpha value is -0.113. The van der Waals surface area contributed by atoms with Crippen molar-refractivity contribution in [2.24, 2.45) is 0 Å². The molecule has 3 nitrogen and oxygen atoms in total. The van der Waals surface area contributed by atoms with Gasteiger partial charge in [0.05, 0.1) is 0 Å². The lowest BCUT2D eigenvalue weighted by molar-refractivity contribution is -0.0808. The largest absolute Gasteiger partial charge is 0.577 e. The monoisotopic (exact) mass is 260 g/mol. The molecule has 0 aromatic rings. The maximum atomic E-state index is 13.8. The number of unbranched alkanes of at least 4 members (excludes halogenated alkanes) is 1. The first-order valence-corrected chi connectivity index (χ1v) is 6.81. The summed E-state index contributed by atoms with van der Waals surface area (Å²) in [7, 11) is -1.14. The Morgan fingerprint density at radius 3 is 1.88 bits per heavy atom. The molecule has 0 aromatic heterocycles. The molecule has 1 unspecified atom stereocenters. The smallest absolute Gasteiger partial charge is 0.373 e. The summed E-state index contributed by atoms with van der Waals surface area (Å²) in [5, 5.41) is 0. The molecule has 0 heterocycles. The van der Waals surface area contributed by atoms with Gasteiger partial charge in [0.2, 0.25) is 0 Å². The minimum Gasteiger partial charge on any atom is -0.373 e. The van der Waals surface area contributed by atoms with E-state index >= 15 is 0 Å². The van der Waals surface area contributed by atoms with Crippen LogP contribution in [-0.2, 0) is 13.3 Å².